The van der Waals surface area contributed by atoms with E-state index in [-0.39, 0.29) is 17.9 Å². The van der Waals surface area contributed by atoms with E-state index in [9.17, 15) is 14.4 Å². The highest BCUT2D eigenvalue weighted by molar-refractivity contribution is 7.98. The van der Waals surface area contributed by atoms with Crippen LogP contribution in [-0.2, 0) is 15.3 Å². The number of carboxylic acids is 1. The molecule has 0 fully saturated rings. The second kappa shape index (κ2) is 9.22. The molecule has 0 aliphatic heterocycles. The Labute approximate surface area is 149 Å². The van der Waals surface area contributed by atoms with Crippen molar-refractivity contribution in [2.75, 3.05) is 5.75 Å². The Kier molecular flexibility index (Phi) is 7.00. The third kappa shape index (κ3) is 5.60. The predicted molar refractivity (Wildman–Crippen MR) is 97.6 cm³/mol. The SMILES string of the molecule is CCCC(NC(=O)CCSCc1nc2ccccc2c(=O)[nH]1)C(=O)O. The summed E-state index contributed by atoms with van der Waals surface area (Å²) in [5.74, 6) is 0.253. The van der Waals surface area contributed by atoms with Crippen LogP contribution in [0.3, 0.4) is 0 Å². The quantitative estimate of drug-likeness (QED) is 0.587. The van der Waals surface area contributed by atoms with Crippen molar-refractivity contribution in [2.45, 2.75) is 38.0 Å². The average molecular weight is 363 g/mol. The number of H-pyrrole nitrogens is 1. The van der Waals surface area contributed by atoms with Crippen molar-refractivity contribution in [3.8, 4) is 0 Å². The van der Waals surface area contributed by atoms with E-state index in [0.717, 1.165) is 0 Å². The van der Waals surface area contributed by atoms with Crippen LogP contribution in [0, 0.1) is 0 Å². The van der Waals surface area contributed by atoms with E-state index in [1.165, 1.54) is 11.8 Å². The van der Waals surface area contributed by atoms with Gasteiger partial charge in [-0.25, -0.2) is 9.78 Å². The summed E-state index contributed by atoms with van der Waals surface area (Å²) in [7, 11) is 0. The molecule has 0 bridgehead atoms. The van der Waals surface area contributed by atoms with Gasteiger partial charge in [-0.2, -0.15) is 11.8 Å². The Hall–Kier alpha value is -2.35. The number of carbonyl (C=O) groups is 2. The summed E-state index contributed by atoms with van der Waals surface area (Å²) in [6, 6.07) is 6.28. The zero-order valence-electron chi connectivity index (χ0n) is 13.9. The number of carbonyl (C=O) groups excluding carboxylic acids is 1. The third-order valence-electron chi connectivity index (χ3n) is 3.58. The number of aromatic amines is 1. The molecule has 0 aliphatic carbocycles. The number of aromatic nitrogens is 2. The number of nitrogens with one attached hydrogen (secondary N) is 2. The first-order chi connectivity index (χ1) is 12.0. The number of nitrogens with zero attached hydrogens (tertiary/aromatic N) is 1. The number of para-hydroxylation sites is 1. The van der Waals surface area contributed by atoms with Crippen molar-refractivity contribution >= 4 is 34.5 Å². The van der Waals surface area contributed by atoms with Gasteiger partial charge < -0.3 is 15.4 Å². The molecular weight excluding hydrogens is 342 g/mol. The summed E-state index contributed by atoms with van der Waals surface area (Å²) in [6.45, 7) is 1.87. The summed E-state index contributed by atoms with van der Waals surface area (Å²) in [6.07, 6.45) is 1.32. The van der Waals surface area contributed by atoms with Gasteiger partial charge in [0.2, 0.25) is 5.91 Å². The van der Waals surface area contributed by atoms with Crippen LogP contribution in [0.15, 0.2) is 29.1 Å². The molecule has 3 N–H and O–H groups in total. The summed E-state index contributed by atoms with van der Waals surface area (Å²) in [4.78, 5) is 41.9. The number of aliphatic carboxylic acids is 1. The number of carboxylic acid groups (broad SMARTS) is 1. The Morgan fingerprint density at radius 3 is 2.84 bits per heavy atom. The first kappa shape index (κ1) is 19.0. The fourth-order valence-corrected chi connectivity index (χ4v) is 3.15. The van der Waals surface area contributed by atoms with Crippen molar-refractivity contribution in [3.05, 3.63) is 40.4 Å². The molecule has 1 unspecified atom stereocenters. The zero-order valence-corrected chi connectivity index (χ0v) is 14.8. The Bertz CT molecular complexity index is 806. The molecule has 1 aromatic carbocycles. The van der Waals surface area contributed by atoms with E-state index in [2.05, 4.69) is 15.3 Å². The van der Waals surface area contributed by atoms with Crippen molar-refractivity contribution in [1.82, 2.24) is 15.3 Å². The molecule has 1 amide bonds. The van der Waals surface area contributed by atoms with E-state index in [1.807, 2.05) is 13.0 Å². The molecule has 8 heteroatoms. The van der Waals surface area contributed by atoms with Crippen LogP contribution >= 0.6 is 11.8 Å². The second-order valence-electron chi connectivity index (χ2n) is 5.58. The lowest BCUT2D eigenvalue weighted by molar-refractivity contribution is -0.142. The highest BCUT2D eigenvalue weighted by atomic mass is 32.2. The van der Waals surface area contributed by atoms with E-state index in [0.29, 0.717) is 41.1 Å². The Morgan fingerprint density at radius 2 is 2.12 bits per heavy atom. The molecule has 0 aliphatic rings. The molecule has 1 aromatic heterocycles. The highest BCUT2D eigenvalue weighted by Crippen LogP contribution is 2.12. The van der Waals surface area contributed by atoms with Gasteiger partial charge in [0.1, 0.15) is 11.9 Å². The number of rotatable bonds is 9. The van der Waals surface area contributed by atoms with Crippen LogP contribution in [0.4, 0.5) is 0 Å². The van der Waals surface area contributed by atoms with Gasteiger partial charge in [-0.05, 0) is 18.6 Å². The van der Waals surface area contributed by atoms with Gasteiger partial charge in [0.25, 0.3) is 5.56 Å². The smallest absolute Gasteiger partial charge is 0.326 e. The number of benzene rings is 1. The Morgan fingerprint density at radius 1 is 1.36 bits per heavy atom. The van der Waals surface area contributed by atoms with Gasteiger partial charge in [-0.1, -0.05) is 25.5 Å². The molecular formula is C17H21N3O4S. The molecule has 1 atom stereocenters. The average Bonchev–Trinajstić information content (AvgIpc) is 2.58. The molecule has 1 heterocycles. The van der Waals surface area contributed by atoms with E-state index in [1.54, 1.807) is 18.2 Å². The number of hydrogen-bond donors (Lipinski definition) is 3. The number of fused-ring (bicyclic) bond motifs is 1. The minimum Gasteiger partial charge on any atom is -0.480 e. The lowest BCUT2D eigenvalue weighted by atomic mass is 10.1. The summed E-state index contributed by atoms with van der Waals surface area (Å²) in [5.41, 5.74) is 0.464. The molecule has 2 aromatic rings. The zero-order chi connectivity index (χ0) is 18.2. The van der Waals surface area contributed by atoms with Crippen LogP contribution in [0.25, 0.3) is 10.9 Å². The molecule has 0 radical (unpaired) electrons. The fourth-order valence-electron chi connectivity index (χ4n) is 2.35. The summed E-state index contributed by atoms with van der Waals surface area (Å²) < 4.78 is 0. The van der Waals surface area contributed by atoms with Gasteiger partial charge in [0, 0.05) is 12.2 Å². The molecule has 0 saturated carbocycles. The maximum atomic E-state index is 12.0. The van der Waals surface area contributed by atoms with Crippen LogP contribution in [0.1, 0.15) is 32.0 Å². The maximum Gasteiger partial charge on any atom is 0.326 e. The predicted octanol–water partition coefficient (Wildman–Crippen LogP) is 1.92. The van der Waals surface area contributed by atoms with Gasteiger partial charge >= 0.3 is 5.97 Å². The van der Waals surface area contributed by atoms with Crippen LogP contribution < -0.4 is 10.9 Å². The summed E-state index contributed by atoms with van der Waals surface area (Å²) in [5, 5.41) is 12.1. The maximum absolute atomic E-state index is 12.0. The molecule has 25 heavy (non-hydrogen) atoms. The first-order valence-electron chi connectivity index (χ1n) is 8.09. The van der Waals surface area contributed by atoms with Crippen molar-refractivity contribution in [1.29, 1.82) is 0 Å². The van der Waals surface area contributed by atoms with E-state index in [4.69, 9.17) is 5.11 Å². The molecule has 7 nitrogen and oxygen atoms in total. The highest BCUT2D eigenvalue weighted by Gasteiger charge is 2.18. The Balaban J connectivity index is 1.82. The fraction of sp³-hybridized carbons (Fsp3) is 0.412. The molecule has 134 valence electrons. The van der Waals surface area contributed by atoms with Crippen LogP contribution in [0.2, 0.25) is 0 Å². The minimum atomic E-state index is -1.01. The van der Waals surface area contributed by atoms with Crippen molar-refractivity contribution < 1.29 is 14.7 Å². The largest absolute Gasteiger partial charge is 0.480 e. The van der Waals surface area contributed by atoms with Crippen molar-refractivity contribution in [2.24, 2.45) is 0 Å². The second-order valence-corrected chi connectivity index (χ2v) is 6.68. The lowest BCUT2D eigenvalue weighted by Crippen LogP contribution is -2.40. The number of amides is 1. The summed E-state index contributed by atoms with van der Waals surface area (Å²) >= 11 is 1.46. The molecule has 0 saturated heterocycles. The van der Waals surface area contributed by atoms with Gasteiger partial charge in [-0.15, -0.1) is 0 Å². The van der Waals surface area contributed by atoms with Gasteiger partial charge in [0.05, 0.1) is 16.7 Å². The topological polar surface area (TPSA) is 112 Å². The first-order valence-corrected chi connectivity index (χ1v) is 9.24. The molecule has 0 spiro atoms. The minimum absolute atomic E-state index is 0.178. The van der Waals surface area contributed by atoms with Crippen LogP contribution in [-0.4, -0.2) is 38.7 Å². The number of thioether (sulfide) groups is 1. The van der Waals surface area contributed by atoms with E-state index >= 15 is 0 Å². The normalized spacial score (nSPS) is 12.0. The van der Waals surface area contributed by atoms with Crippen molar-refractivity contribution in [3.63, 3.8) is 0 Å². The lowest BCUT2D eigenvalue weighted by Gasteiger charge is -2.13. The monoisotopic (exact) mass is 363 g/mol. The molecule has 2 rings (SSSR count). The number of hydrogen-bond acceptors (Lipinski definition) is 5. The standard InChI is InChI=1S/C17H21N3O4S/c1-2-5-13(17(23)24)19-15(21)8-9-25-10-14-18-12-7-4-3-6-11(12)16(22)20-14/h3-4,6-7,13H,2,5,8-10H2,1H3,(H,19,21)(H,23,24)(H,18,20,22). The third-order valence-corrected chi connectivity index (χ3v) is 4.56. The van der Waals surface area contributed by atoms with Crippen LogP contribution in [0.5, 0.6) is 0 Å². The van der Waals surface area contributed by atoms with Gasteiger partial charge in [-0.3, -0.25) is 9.59 Å². The van der Waals surface area contributed by atoms with Gasteiger partial charge in [0.15, 0.2) is 0 Å². The van der Waals surface area contributed by atoms with E-state index < -0.39 is 12.0 Å².